The van der Waals surface area contributed by atoms with E-state index in [0.29, 0.717) is 27.2 Å². The number of carbonyl (C=O) groups is 2. The average molecular weight is 539 g/mol. The number of amides is 1. The molecule has 0 saturated carbocycles. The number of thiazole rings is 1. The highest BCUT2D eigenvalue weighted by molar-refractivity contribution is 8.01. The van der Waals surface area contributed by atoms with Crippen LogP contribution in [0.2, 0.25) is 5.02 Å². The van der Waals surface area contributed by atoms with Crippen molar-refractivity contribution in [2.45, 2.75) is 23.5 Å². The Morgan fingerprint density at radius 3 is 2.17 bits per heavy atom. The number of rotatable bonds is 8. The molecule has 1 aromatic heterocycles. The lowest BCUT2D eigenvalue weighted by atomic mass is 10.1. The maximum Gasteiger partial charge on any atom is 0.319 e. The number of ether oxygens (including phenoxy) is 1. The van der Waals surface area contributed by atoms with Crippen LogP contribution in [0, 0.1) is 0 Å². The van der Waals surface area contributed by atoms with Crippen LogP contribution in [-0.4, -0.2) is 33.8 Å². The molecule has 0 unspecified atom stereocenters. The maximum atomic E-state index is 13.3. The van der Waals surface area contributed by atoms with E-state index in [9.17, 15) is 14.7 Å². The minimum absolute atomic E-state index is 0.306. The van der Waals surface area contributed by atoms with E-state index < -0.39 is 10.7 Å². The Morgan fingerprint density at radius 1 is 0.972 bits per heavy atom. The number of carboxylic acid groups (broad SMARTS) is 1. The third-order valence-electron chi connectivity index (χ3n) is 5.29. The number of aromatic nitrogens is 1. The first-order chi connectivity index (χ1) is 17.2. The van der Waals surface area contributed by atoms with E-state index in [1.165, 1.54) is 23.1 Å². The Hall–Kier alpha value is -3.33. The second-order valence-corrected chi connectivity index (χ2v) is 11.5. The molecule has 0 aliphatic heterocycles. The predicted octanol–water partition coefficient (Wildman–Crippen LogP) is 7.35. The molecular weight excluding hydrogens is 516 g/mol. The first-order valence-corrected chi connectivity index (χ1v) is 12.9. The zero-order valence-corrected chi connectivity index (χ0v) is 22.1. The third-order valence-corrected chi connectivity index (χ3v) is 7.88. The third kappa shape index (κ3) is 5.90. The summed E-state index contributed by atoms with van der Waals surface area (Å²) in [6, 6.07) is 21.8. The molecule has 0 spiro atoms. The Labute approximate surface area is 222 Å². The summed E-state index contributed by atoms with van der Waals surface area (Å²) in [5.74, 6) is -0.494. The molecule has 0 atom stereocenters. The summed E-state index contributed by atoms with van der Waals surface area (Å²) in [4.78, 5) is 31.0. The smallest absolute Gasteiger partial charge is 0.319 e. The Kier molecular flexibility index (Phi) is 7.68. The molecule has 0 saturated heterocycles. The quantitative estimate of drug-likeness (QED) is 0.228. The maximum absolute atomic E-state index is 13.3. The van der Waals surface area contributed by atoms with E-state index in [2.05, 4.69) is 5.32 Å². The van der Waals surface area contributed by atoms with E-state index in [-0.39, 0.29) is 5.91 Å². The molecular formula is C27H23ClN2O4S2. The minimum atomic E-state index is -0.947. The molecule has 1 amide bonds. The molecule has 2 N–H and O–H groups in total. The van der Waals surface area contributed by atoms with Crippen molar-refractivity contribution in [1.29, 1.82) is 0 Å². The zero-order chi connectivity index (χ0) is 25.9. The summed E-state index contributed by atoms with van der Waals surface area (Å²) in [6.07, 6.45) is 0. The minimum Gasteiger partial charge on any atom is -0.497 e. The van der Waals surface area contributed by atoms with Crippen molar-refractivity contribution >= 4 is 52.3 Å². The van der Waals surface area contributed by atoms with Gasteiger partial charge in [0.1, 0.15) is 21.2 Å². The summed E-state index contributed by atoms with van der Waals surface area (Å²) >= 11 is 8.65. The highest BCUT2D eigenvalue weighted by Gasteiger charge is 2.28. The topological polar surface area (TPSA) is 88.5 Å². The number of thioether (sulfide) groups is 1. The van der Waals surface area contributed by atoms with Gasteiger partial charge in [-0.2, -0.15) is 0 Å². The number of hydrogen-bond acceptors (Lipinski definition) is 6. The second-order valence-electron chi connectivity index (χ2n) is 8.33. The van der Waals surface area contributed by atoms with Crippen LogP contribution in [0.5, 0.6) is 5.75 Å². The monoisotopic (exact) mass is 538 g/mol. The molecule has 4 rings (SSSR count). The number of carboxylic acids is 1. The lowest BCUT2D eigenvalue weighted by molar-refractivity contribution is -0.138. The van der Waals surface area contributed by atoms with E-state index in [1.807, 2.05) is 48.5 Å². The van der Waals surface area contributed by atoms with Crippen LogP contribution in [0.1, 0.15) is 24.3 Å². The number of methoxy groups -OCH3 is 1. The fourth-order valence-corrected chi connectivity index (χ4v) is 5.41. The second kappa shape index (κ2) is 10.7. The zero-order valence-electron chi connectivity index (χ0n) is 19.7. The molecule has 4 aromatic rings. The van der Waals surface area contributed by atoms with Crippen LogP contribution in [0.3, 0.4) is 0 Å². The van der Waals surface area contributed by atoms with Crippen LogP contribution in [0.15, 0.2) is 77.7 Å². The summed E-state index contributed by atoms with van der Waals surface area (Å²) in [5, 5.41) is 13.5. The number of nitrogens with one attached hydrogen (secondary N) is 1. The first kappa shape index (κ1) is 25.8. The summed E-state index contributed by atoms with van der Waals surface area (Å²) in [7, 11) is 1.60. The SMILES string of the molecule is COc1ccc(-c2sc(-c3ccc(SC(C)(C)C(=O)O)cc3)nc2C(=O)Nc2ccc(Cl)cc2)cc1. The van der Waals surface area contributed by atoms with E-state index >= 15 is 0 Å². The molecule has 0 radical (unpaired) electrons. The highest BCUT2D eigenvalue weighted by atomic mass is 35.5. The largest absolute Gasteiger partial charge is 0.497 e. The molecule has 0 fully saturated rings. The van der Waals surface area contributed by atoms with Crippen molar-refractivity contribution in [3.8, 4) is 26.8 Å². The van der Waals surface area contributed by atoms with Crippen molar-refractivity contribution in [2.75, 3.05) is 12.4 Å². The van der Waals surface area contributed by atoms with Crippen LogP contribution < -0.4 is 10.1 Å². The fraction of sp³-hybridized carbons (Fsp3) is 0.148. The van der Waals surface area contributed by atoms with Crippen molar-refractivity contribution in [1.82, 2.24) is 4.98 Å². The fourth-order valence-electron chi connectivity index (χ4n) is 3.26. The average Bonchev–Trinajstić information content (AvgIpc) is 3.31. The van der Waals surface area contributed by atoms with Gasteiger partial charge in [-0.1, -0.05) is 23.7 Å². The molecule has 1 heterocycles. The van der Waals surface area contributed by atoms with Gasteiger partial charge in [0.05, 0.1) is 12.0 Å². The molecule has 0 aliphatic carbocycles. The molecule has 184 valence electrons. The van der Waals surface area contributed by atoms with E-state index in [4.69, 9.17) is 21.3 Å². The van der Waals surface area contributed by atoms with Gasteiger partial charge in [0.25, 0.3) is 5.91 Å². The molecule has 0 bridgehead atoms. The van der Waals surface area contributed by atoms with Crippen LogP contribution >= 0.6 is 34.7 Å². The first-order valence-electron chi connectivity index (χ1n) is 10.9. The van der Waals surface area contributed by atoms with Gasteiger partial charge in [-0.05, 0) is 80.1 Å². The number of hydrogen-bond donors (Lipinski definition) is 2. The van der Waals surface area contributed by atoms with Gasteiger partial charge in [-0.15, -0.1) is 23.1 Å². The number of anilines is 1. The number of aliphatic carboxylic acids is 1. The standard InChI is InChI=1S/C27H23ClN2O4S2/c1-27(2,26(32)33)36-21-14-6-17(7-15-21)25-30-22(24(31)29-19-10-8-18(28)9-11-19)23(35-25)16-4-12-20(34-3)13-5-16/h4-15H,1-3H3,(H,29,31)(H,32,33). The van der Waals surface area contributed by atoms with Crippen molar-refractivity contribution in [3.05, 3.63) is 83.5 Å². The number of nitrogens with zero attached hydrogens (tertiary/aromatic N) is 1. The predicted molar refractivity (Wildman–Crippen MR) is 147 cm³/mol. The Morgan fingerprint density at radius 2 is 1.58 bits per heavy atom. The number of benzene rings is 3. The van der Waals surface area contributed by atoms with Crippen LogP contribution in [0.25, 0.3) is 21.0 Å². The van der Waals surface area contributed by atoms with Crippen LogP contribution in [0.4, 0.5) is 5.69 Å². The van der Waals surface area contributed by atoms with Crippen molar-refractivity contribution < 1.29 is 19.4 Å². The van der Waals surface area contributed by atoms with E-state index in [0.717, 1.165) is 20.9 Å². The van der Waals surface area contributed by atoms with Gasteiger partial charge in [0.15, 0.2) is 0 Å². The normalized spacial score (nSPS) is 11.2. The van der Waals surface area contributed by atoms with Gasteiger partial charge in [-0.3, -0.25) is 9.59 Å². The van der Waals surface area contributed by atoms with Crippen molar-refractivity contribution in [3.63, 3.8) is 0 Å². The number of carbonyl (C=O) groups excluding carboxylic acids is 1. The Balaban J connectivity index is 1.68. The summed E-state index contributed by atoms with van der Waals surface area (Å²) in [5.41, 5.74) is 2.59. The van der Waals surface area contributed by atoms with Gasteiger partial charge >= 0.3 is 5.97 Å². The van der Waals surface area contributed by atoms with Gasteiger partial charge in [0, 0.05) is 21.2 Å². The lowest BCUT2D eigenvalue weighted by Crippen LogP contribution is -2.26. The van der Waals surface area contributed by atoms with Crippen molar-refractivity contribution in [2.24, 2.45) is 0 Å². The van der Waals surface area contributed by atoms with Gasteiger partial charge in [0.2, 0.25) is 0 Å². The van der Waals surface area contributed by atoms with Crippen LogP contribution in [-0.2, 0) is 4.79 Å². The van der Waals surface area contributed by atoms with E-state index in [1.54, 1.807) is 45.2 Å². The molecule has 3 aromatic carbocycles. The summed E-state index contributed by atoms with van der Waals surface area (Å²) in [6.45, 7) is 3.34. The molecule has 6 nitrogen and oxygen atoms in total. The molecule has 9 heteroatoms. The number of halogens is 1. The van der Waals surface area contributed by atoms with Gasteiger partial charge < -0.3 is 15.2 Å². The lowest BCUT2D eigenvalue weighted by Gasteiger charge is -2.18. The highest BCUT2D eigenvalue weighted by Crippen LogP contribution is 2.38. The Bertz CT molecular complexity index is 1380. The summed E-state index contributed by atoms with van der Waals surface area (Å²) < 4.78 is 4.32. The molecule has 36 heavy (non-hydrogen) atoms. The molecule has 0 aliphatic rings. The van der Waals surface area contributed by atoms with Gasteiger partial charge in [-0.25, -0.2) is 4.98 Å².